The Morgan fingerprint density at radius 1 is 1.33 bits per heavy atom. The average molecular weight is 331 g/mol. The quantitative estimate of drug-likeness (QED) is 0.881. The number of aryl methyl sites for hydroxylation is 3. The van der Waals surface area contributed by atoms with E-state index in [9.17, 15) is 4.79 Å². The van der Waals surface area contributed by atoms with Crippen LogP contribution in [0.3, 0.4) is 0 Å². The van der Waals surface area contributed by atoms with Gasteiger partial charge in [0.1, 0.15) is 11.5 Å². The molecule has 0 aliphatic carbocycles. The third kappa shape index (κ3) is 3.53. The molecule has 3 heterocycles. The van der Waals surface area contributed by atoms with Crippen molar-refractivity contribution in [2.45, 2.75) is 53.1 Å². The number of nitrogens with zero attached hydrogens (tertiary/aromatic N) is 2. The summed E-state index contributed by atoms with van der Waals surface area (Å²) in [5, 5.41) is 6.80. The van der Waals surface area contributed by atoms with Crippen LogP contribution in [0.15, 0.2) is 15.0 Å². The Bertz CT molecular complexity index is 692. The number of furan rings is 1. The summed E-state index contributed by atoms with van der Waals surface area (Å²) in [6.45, 7) is 9.28. The number of carbonyl (C=O) groups is 1. The second-order valence-corrected chi connectivity index (χ2v) is 6.38. The first-order valence-corrected chi connectivity index (χ1v) is 8.62. The van der Waals surface area contributed by atoms with Gasteiger partial charge in [-0.15, -0.1) is 0 Å². The molecule has 3 rings (SSSR count). The highest BCUT2D eigenvalue weighted by atomic mass is 16.5. The first-order valence-electron chi connectivity index (χ1n) is 8.62. The van der Waals surface area contributed by atoms with E-state index in [0.717, 1.165) is 54.4 Å². The molecule has 1 amide bonds. The molecule has 6 heteroatoms. The Morgan fingerprint density at radius 2 is 2.08 bits per heavy atom. The Balaban J connectivity index is 1.67. The summed E-state index contributed by atoms with van der Waals surface area (Å²) >= 11 is 0. The van der Waals surface area contributed by atoms with E-state index < -0.39 is 0 Å². The second-order valence-electron chi connectivity index (χ2n) is 6.38. The highest BCUT2D eigenvalue weighted by Crippen LogP contribution is 2.21. The maximum atomic E-state index is 12.4. The number of rotatable bonds is 6. The molecular weight excluding hydrogens is 306 g/mol. The molecule has 6 nitrogen and oxygen atoms in total. The van der Waals surface area contributed by atoms with Crippen molar-refractivity contribution in [1.82, 2.24) is 15.4 Å². The predicted molar refractivity (Wildman–Crippen MR) is 89.7 cm³/mol. The summed E-state index contributed by atoms with van der Waals surface area (Å²) in [6.07, 6.45) is 3.30. The first-order chi connectivity index (χ1) is 11.6. The fraction of sp³-hybridized carbons (Fsp3) is 0.556. The summed E-state index contributed by atoms with van der Waals surface area (Å²) in [5.41, 5.74) is 2.85. The molecule has 2 aromatic heterocycles. The summed E-state index contributed by atoms with van der Waals surface area (Å²) in [7, 11) is 0. The number of nitrogens with one attached hydrogen (secondary N) is 1. The number of carbonyl (C=O) groups excluding carboxylic acids is 1. The number of hydrogen-bond donors (Lipinski definition) is 1. The zero-order valence-electron chi connectivity index (χ0n) is 14.6. The minimum Gasteiger partial charge on any atom is -0.456 e. The van der Waals surface area contributed by atoms with Gasteiger partial charge in [0, 0.05) is 30.6 Å². The van der Waals surface area contributed by atoms with Gasteiger partial charge in [-0.25, -0.2) is 0 Å². The van der Waals surface area contributed by atoms with E-state index in [1.54, 1.807) is 0 Å². The third-order valence-corrected chi connectivity index (χ3v) is 4.64. The maximum absolute atomic E-state index is 12.4. The van der Waals surface area contributed by atoms with Gasteiger partial charge in [0.2, 0.25) is 0 Å². The number of likely N-dealkylation sites (tertiary alicyclic amines) is 1. The SMILES string of the molecule is CCc1oc(C(=O)NCc2c(C)noc2C)cc1CN1CCCC1. The van der Waals surface area contributed by atoms with Crippen molar-refractivity contribution in [3.05, 3.63) is 40.2 Å². The molecule has 1 N–H and O–H groups in total. The van der Waals surface area contributed by atoms with E-state index in [1.165, 1.54) is 12.8 Å². The average Bonchev–Trinajstić information content (AvgIpc) is 3.28. The summed E-state index contributed by atoms with van der Waals surface area (Å²) in [4.78, 5) is 14.8. The molecular formula is C18H25N3O3. The lowest BCUT2D eigenvalue weighted by molar-refractivity contribution is 0.0921. The molecule has 0 atom stereocenters. The van der Waals surface area contributed by atoms with Crippen molar-refractivity contribution < 1.29 is 13.7 Å². The lowest BCUT2D eigenvalue weighted by Crippen LogP contribution is -2.23. The van der Waals surface area contributed by atoms with Gasteiger partial charge in [-0.2, -0.15) is 0 Å². The zero-order chi connectivity index (χ0) is 17.1. The van der Waals surface area contributed by atoms with Gasteiger partial charge in [-0.05, 0) is 45.8 Å². The van der Waals surface area contributed by atoms with Crippen LogP contribution in [0, 0.1) is 13.8 Å². The first kappa shape index (κ1) is 16.8. The van der Waals surface area contributed by atoms with Crippen LogP contribution < -0.4 is 5.32 Å². The molecule has 0 spiro atoms. The minimum atomic E-state index is -0.197. The number of aromatic nitrogens is 1. The molecule has 0 bridgehead atoms. The number of hydrogen-bond acceptors (Lipinski definition) is 5. The van der Waals surface area contributed by atoms with E-state index in [1.807, 2.05) is 19.9 Å². The molecule has 24 heavy (non-hydrogen) atoms. The largest absolute Gasteiger partial charge is 0.456 e. The summed E-state index contributed by atoms with van der Waals surface area (Å²) in [6, 6.07) is 1.89. The van der Waals surface area contributed by atoms with Crippen molar-refractivity contribution in [2.24, 2.45) is 0 Å². The maximum Gasteiger partial charge on any atom is 0.287 e. The van der Waals surface area contributed by atoms with Crippen LogP contribution in [-0.4, -0.2) is 29.1 Å². The Hall–Kier alpha value is -2.08. The van der Waals surface area contributed by atoms with Gasteiger partial charge in [0.05, 0.1) is 5.69 Å². The molecule has 0 radical (unpaired) electrons. The molecule has 2 aromatic rings. The highest BCUT2D eigenvalue weighted by Gasteiger charge is 2.20. The van der Waals surface area contributed by atoms with Gasteiger partial charge >= 0.3 is 0 Å². The molecule has 1 aliphatic rings. The Kier molecular flexibility index (Phi) is 5.04. The van der Waals surface area contributed by atoms with E-state index >= 15 is 0 Å². The zero-order valence-corrected chi connectivity index (χ0v) is 14.6. The normalized spacial score (nSPS) is 15.1. The van der Waals surface area contributed by atoms with E-state index in [4.69, 9.17) is 8.94 Å². The van der Waals surface area contributed by atoms with Gasteiger partial charge in [0.25, 0.3) is 5.91 Å². The summed E-state index contributed by atoms with van der Waals surface area (Å²) in [5.74, 6) is 1.82. The van der Waals surface area contributed by atoms with E-state index in [0.29, 0.717) is 12.3 Å². The Morgan fingerprint density at radius 3 is 2.71 bits per heavy atom. The summed E-state index contributed by atoms with van der Waals surface area (Å²) < 4.78 is 10.9. The predicted octanol–water partition coefficient (Wildman–Crippen LogP) is 2.97. The molecule has 0 aromatic carbocycles. The monoisotopic (exact) mass is 331 g/mol. The smallest absolute Gasteiger partial charge is 0.287 e. The van der Waals surface area contributed by atoms with Gasteiger partial charge in [-0.3, -0.25) is 9.69 Å². The fourth-order valence-electron chi connectivity index (χ4n) is 3.20. The number of amides is 1. The van der Waals surface area contributed by atoms with Crippen molar-refractivity contribution in [1.29, 1.82) is 0 Å². The molecule has 1 saturated heterocycles. The third-order valence-electron chi connectivity index (χ3n) is 4.64. The van der Waals surface area contributed by atoms with E-state index in [2.05, 4.69) is 22.3 Å². The van der Waals surface area contributed by atoms with Crippen molar-refractivity contribution in [2.75, 3.05) is 13.1 Å². The lowest BCUT2D eigenvalue weighted by Gasteiger charge is -2.13. The Labute approximate surface area is 142 Å². The molecule has 130 valence electrons. The standard InChI is InChI=1S/C18H25N3O3/c1-4-16-14(11-21-7-5-6-8-21)9-17(23-16)18(22)19-10-15-12(2)20-24-13(15)3/h9H,4-8,10-11H2,1-3H3,(H,19,22). The van der Waals surface area contributed by atoms with Crippen molar-refractivity contribution >= 4 is 5.91 Å². The molecule has 0 unspecified atom stereocenters. The van der Waals surface area contributed by atoms with Crippen LogP contribution >= 0.6 is 0 Å². The van der Waals surface area contributed by atoms with Crippen molar-refractivity contribution in [3.63, 3.8) is 0 Å². The van der Waals surface area contributed by atoms with Crippen LogP contribution in [0.4, 0.5) is 0 Å². The molecule has 0 saturated carbocycles. The molecule has 1 fully saturated rings. The van der Waals surface area contributed by atoms with Gasteiger partial charge in [0.15, 0.2) is 5.76 Å². The second kappa shape index (κ2) is 7.21. The lowest BCUT2D eigenvalue weighted by atomic mass is 10.2. The van der Waals surface area contributed by atoms with Crippen LogP contribution in [0.1, 0.15) is 58.7 Å². The van der Waals surface area contributed by atoms with Gasteiger partial charge in [-0.1, -0.05) is 12.1 Å². The fourth-order valence-corrected chi connectivity index (χ4v) is 3.20. The van der Waals surface area contributed by atoms with Gasteiger partial charge < -0.3 is 14.3 Å². The minimum absolute atomic E-state index is 0.197. The van der Waals surface area contributed by atoms with Crippen LogP contribution in [0.2, 0.25) is 0 Å². The van der Waals surface area contributed by atoms with E-state index in [-0.39, 0.29) is 5.91 Å². The van der Waals surface area contributed by atoms with Crippen LogP contribution in [0.25, 0.3) is 0 Å². The van der Waals surface area contributed by atoms with Crippen LogP contribution in [0.5, 0.6) is 0 Å². The van der Waals surface area contributed by atoms with Crippen LogP contribution in [-0.2, 0) is 19.5 Å². The van der Waals surface area contributed by atoms with Crippen molar-refractivity contribution in [3.8, 4) is 0 Å². The highest BCUT2D eigenvalue weighted by molar-refractivity contribution is 5.91. The molecule has 1 aliphatic heterocycles. The topological polar surface area (TPSA) is 71.5 Å².